The van der Waals surface area contributed by atoms with Gasteiger partial charge in [0.15, 0.2) is 5.75 Å². The minimum Gasteiger partial charge on any atom is -0.505 e. The van der Waals surface area contributed by atoms with Gasteiger partial charge in [0.1, 0.15) is 26.0 Å². The summed E-state index contributed by atoms with van der Waals surface area (Å²) in [6, 6.07) is 16.7. The third-order valence-electron chi connectivity index (χ3n) is 5.85. The number of phenols is 1. The van der Waals surface area contributed by atoms with Gasteiger partial charge < -0.3 is 14.6 Å². The topological polar surface area (TPSA) is 73.6 Å². The first-order valence-corrected chi connectivity index (χ1v) is 11.2. The monoisotopic (exact) mass is 464 g/mol. The summed E-state index contributed by atoms with van der Waals surface area (Å²) in [6.07, 6.45) is 5.35. The summed E-state index contributed by atoms with van der Waals surface area (Å²) in [5.74, 6) is 3.53. The van der Waals surface area contributed by atoms with Gasteiger partial charge in [-0.1, -0.05) is 55.6 Å². The molecule has 174 valence electrons. The van der Waals surface area contributed by atoms with Crippen LogP contribution in [0.15, 0.2) is 59.4 Å². The highest BCUT2D eigenvalue weighted by atomic mass is 16.5. The van der Waals surface area contributed by atoms with Crippen molar-refractivity contribution in [3.63, 3.8) is 0 Å². The summed E-state index contributed by atoms with van der Waals surface area (Å²) < 4.78 is 12.4. The maximum atomic E-state index is 13.3. The molecule has 0 aliphatic heterocycles. The first-order chi connectivity index (χ1) is 16.8. The Kier molecular flexibility index (Phi) is 6.84. The lowest BCUT2D eigenvalue weighted by molar-refractivity contribution is 0.371. The van der Waals surface area contributed by atoms with E-state index in [2.05, 4.69) is 24.8 Å². The number of nitrogens with zero attached hydrogens (tertiary/aromatic N) is 2. The van der Waals surface area contributed by atoms with Crippen LogP contribution in [0.4, 0.5) is 0 Å². The highest BCUT2D eigenvalue weighted by Crippen LogP contribution is 2.31. The maximum Gasteiger partial charge on any atom is 0.348 e. The van der Waals surface area contributed by atoms with Gasteiger partial charge in [-0.25, -0.2) is 4.79 Å². The Morgan fingerprint density at radius 3 is 2.54 bits per heavy atom. The molecule has 0 unspecified atom stereocenters. The lowest BCUT2D eigenvalue weighted by Crippen LogP contribution is -2.25. The Bertz CT molecular complexity index is 1480. The van der Waals surface area contributed by atoms with Gasteiger partial charge in [-0.3, -0.25) is 4.57 Å². The smallest absolute Gasteiger partial charge is 0.348 e. The second-order valence-electron chi connectivity index (χ2n) is 8.51. The normalized spacial score (nSPS) is 10.9. The number of fused-ring (bicyclic) bond motifs is 1. The first kappa shape index (κ1) is 24.0. The molecule has 7 heteroatoms. The third kappa shape index (κ3) is 4.87. The molecule has 4 rings (SSSR count). The van der Waals surface area contributed by atoms with Gasteiger partial charge in [0.25, 0.3) is 0 Å². The summed E-state index contributed by atoms with van der Waals surface area (Å²) in [5, 5.41) is 10.8. The lowest BCUT2D eigenvalue weighted by atomic mass is 9.92. The van der Waals surface area contributed by atoms with Gasteiger partial charge in [-0.05, 0) is 41.3 Å². The van der Waals surface area contributed by atoms with Crippen molar-refractivity contribution in [2.45, 2.75) is 26.3 Å². The molecule has 1 heterocycles. The standard InChI is InChI=1S/C28H25BN2O4/c1-5-12-35-21-10-11-24-22(15-21)26(20-8-6-19(7-9-20)17(2)3)30-28(33)31(24)16-18-13-23(29)27(32)25(14-18)34-4/h1,6-11,13-15,17,32H,12,16H2,2-4H3. The molecule has 1 aromatic heterocycles. The summed E-state index contributed by atoms with van der Waals surface area (Å²) in [6.45, 7) is 4.57. The van der Waals surface area contributed by atoms with Gasteiger partial charge >= 0.3 is 5.69 Å². The fourth-order valence-corrected chi connectivity index (χ4v) is 3.99. The van der Waals surface area contributed by atoms with Crippen molar-refractivity contribution in [3.05, 3.63) is 76.2 Å². The van der Waals surface area contributed by atoms with Crippen molar-refractivity contribution in [3.8, 4) is 40.8 Å². The number of methoxy groups -OCH3 is 1. The molecule has 4 aromatic rings. The molecule has 0 fully saturated rings. The van der Waals surface area contributed by atoms with Crippen LogP contribution in [0.2, 0.25) is 0 Å². The number of ether oxygens (including phenoxy) is 2. The molecule has 6 nitrogen and oxygen atoms in total. The van der Waals surface area contributed by atoms with Crippen molar-refractivity contribution in [1.29, 1.82) is 0 Å². The van der Waals surface area contributed by atoms with E-state index < -0.39 is 5.69 Å². The molecule has 0 bridgehead atoms. The van der Waals surface area contributed by atoms with Crippen LogP contribution in [-0.4, -0.2) is 36.2 Å². The number of aromatic hydroxyl groups is 1. The zero-order valence-corrected chi connectivity index (χ0v) is 19.9. The fraction of sp³-hybridized carbons (Fsp3) is 0.214. The molecule has 1 N–H and O–H groups in total. The van der Waals surface area contributed by atoms with E-state index in [-0.39, 0.29) is 30.1 Å². The Morgan fingerprint density at radius 1 is 1.14 bits per heavy atom. The average Bonchev–Trinajstić information content (AvgIpc) is 2.86. The highest BCUT2D eigenvalue weighted by molar-refractivity contribution is 6.34. The van der Waals surface area contributed by atoms with E-state index in [9.17, 15) is 9.90 Å². The zero-order valence-electron chi connectivity index (χ0n) is 19.9. The summed E-state index contributed by atoms with van der Waals surface area (Å²) >= 11 is 0. The van der Waals surface area contributed by atoms with Crippen LogP contribution >= 0.6 is 0 Å². The Hall–Kier alpha value is -4.18. The third-order valence-corrected chi connectivity index (χ3v) is 5.85. The van der Waals surface area contributed by atoms with Gasteiger partial charge in [0, 0.05) is 10.9 Å². The van der Waals surface area contributed by atoms with E-state index in [1.807, 2.05) is 36.4 Å². The molecule has 0 saturated carbocycles. The van der Waals surface area contributed by atoms with E-state index in [0.717, 1.165) is 10.9 Å². The zero-order chi connectivity index (χ0) is 25.1. The Morgan fingerprint density at radius 2 is 1.89 bits per heavy atom. The van der Waals surface area contributed by atoms with Crippen LogP contribution < -0.4 is 20.6 Å². The van der Waals surface area contributed by atoms with E-state index in [1.165, 1.54) is 12.7 Å². The molecule has 0 amide bonds. The SMILES string of the molecule is [B]c1cc(Cn2c(=O)nc(-c3ccc(C(C)C)cc3)c3cc(OCC#C)ccc32)cc(OC)c1O. The van der Waals surface area contributed by atoms with Gasteiger partial charge in [0.2, 0.25) is 0 Å². The Labute approximate surface area is 205 Å². The van der Waals surface area contributed by atoms with Crippen LogP contribution in [0.1, 0.15) is 30.9 Å². The molecule has 0 spiro atoms. The molecule has 0 atom stereocenters. The number of terminal acetylenes is 1. The largest absolute Gasteiger partial charge is 0.505 e. The van der Waals surface area contributed by atoms with Crippen molar-refractivity contribution in [2.75, 3.05) is 13.7 Å². The molecule has 3 aromatic carbocycles. The predicted octanol–water partition coefficient (Wildman–Crippen LogP) is 3.76. The Balaban J connectivity index is 1.89. The van der Waals surface area contributed by atoms with Crippen molar-refractivity contribution < 1.29 is 14.6 Å². The van der Waals surface area contributed by atoms with E-state index in [0.29, 0.717) is 28.4 Å². The number of rotatable bonds is 7. The van der Waals surface area contributed by atoms with Crippen LogP contribution in [-0.2, 0) is 6.54 Å². The van der Waals surface area contributed by atoms with Crippen molar-refractivity contribution >= 4 is 24.2 Å². The number of aromatic nitrogens is 2. The fourth-order valence-electron chi connectivity index (χ4n) is 3.99. The molecule has 35 heavy (non-hydrogen) atoms. The summed E-state index contributed by atoms with van der Waals surface area (Å²) in [7, 11) is 7.38. The number of hydrogen-bond donors (Lipinski definition) is 1. The van der Waals surface area contributed by atoms with Crippen molar-refractivity contribution in [2.24, 2.45) is 0 Å². The molecule has 0 aliphatic rings. The van der Waals surface area contributed by atoms with Crippen LogP contribution in [0.5, 0.6) is 17.2 Å². The average molecular weight is 464 g/mol. The van der Waals surface area contributed by atoms with Crippen LogP contribution in [0.25, 0.3) is 22.2 Å². The second kappa shape index (κ2) is 9.98. The second-order valence-corrected chi connectivity index (χ2v) is 8.51. The van der Waals surface area contributed by atoms with E-state index in [4.69, 9.17) is 23.7 Å². The molecule has 2 radical (unpaired) electrons. The first-order valence-electron chi connectivity index (χ1n) is 11.2. The van der Waals surface area contributed by atoms with Crippen LogP contribution in [0, 0.1) is 12.3 Å². The molecule has 0 aliphatic carbocycles. The number of hydrogen-bond acceptors (Lipinski definition) is 5. The minimum absolute atomic E-state index is 0.129. The summed E-state index contributed by atoms with van der Waals surface area (Å²) in [5.41, 5.74) is 3.69. The highest BCUT2D eigenvalue weighted by Gasteiger charge is 2.16. The summed E-state index contributed by atoms with van der Waals surface area (Å²) in [4.78, 5) is 17.7. The predicted molar refractivity (Wildman–Crippen MR) is 139 cm³/mol. The lowest BCUT2D eigenvalue weighted by Gasteiger charge is -2.16. The van der Waals surface area contributed by atoms with Gasteiger partial charge in [-0.2, -0.15) is 4.98 Å². The van der Waals surface area contributed by atoms with Crippen molar-refractivity contribution in [1.82, 2.24) is 9.55 Å². The van der Waals surface area contributed by atoms with Gasteiger partial charge in [-0.15, -0.1) is 6.42 Å². The number of phenolic OH excluding ortho intramolecular Hbond substituents is 1. The van der Waals surface area contributed by atoms with E-state index in [1.54, 1.807) is 22.8 Å². The minimum atomic E-state index is -0.414. The quantitative estimate of drug-likeness (QED) is 0.333. The van der Waals surface area contributed by atoms with Gasteiger partial charge in [0.05, 0.1) is 24.9 Å². The van der Waals surface area contributed by atoms with Crippen LogP contribution in [0.3, 0.4) is 0 Å². The number of benzene rings is 3. The molecular weight excluding hydrogens is 439 g/mol. The maximum absolute atomic E-state index is 13.3. The molecule has 0 saturated heterocycles. The molecular formula is C28H25BN2O4. The van der Waals surface area contributed by atoms with E-state index >= 15 is 0 Å².